The van der Waals surface area contributed by atoms with E-state index in [4.69, 9.17) is 0 Å². The Morgan fingerprint density at radius 1 is 1.22 bits per heavy atom. The van der Waals surface area contributed by atoms with Gasteiger partial charge in [0.25, 0.3) is 0 Å². The lowest BCUT2D eigenvalue weighted by atomic mass is 9.96. The van der Waals surface area contributed by atoms with Crippen molar-refractivity contribution in [2.45, 2.75) is 38.6 Å². The molecule has 1 unspecified atom stereocenters. The second-order valence-electron chi connectivity index (χ2n) is 5.74. The molecule has 5 heteroatoms. The zero-order valence-electron chi connectivity index (χ0n) is 11.4. The third kappa shape index (κ3) is 4.21. The molecule has 0 aliphatic carbocycles. The molecule has 2 aliphatic heterocycles. The van der Waals surface area contributed by atoms with Crippen molar-refractivity contribution in [1.29, 1.82) is 0 Å². The summed E-state index contributed by atoms with van der Waals surface area (Å²) in [6.45, 7) is 6.77. The summed E-state index contributed by atoms with van der Waals surface area (Å²) >= 11 is 0. The SMILES string of the molecule is CCN1CCC(CNC2CCCS(=O)(=O)C2)CC1. The van der Waals surface area contributed by atoms with Gasteiger partial charge in [-0.2, -0.15) is 0 Å². The Labute approximate surface area is 111 Å². The molecule has 4 nitrogen and oxygen atoms in total. The molecule has 2 aliphatic rings. The molecule has 0 aromatic carbocycles. The first-order chi connectivity index (χ1) is 8.59. The predicted molar refractivity (Wildman–Crippen MR) is 74.5 cm³/mol. The minimum atomic E-state index is -2.77. The first-order valence-corrected chi connectivity index (χ1v) is 9.07. The lowest BCUT2D eigenvalue weighted by Crippen LogP contribution is -2.44. The number of sulfone groups is 1. The van der Waals surface area contributed by atoms with E-state index in [-0.39, 0.29) is 6.04 Å². The van der Waals surface area contributed by atoms with Gasteiger partial charge in [0.1, 0.15) is 0 Å². The molecule has 1 atom stereocenters. The monoisotopic (exact) mass is 274 g/mol. The van der Waals surface area contributed by atoms with Crippen LogP contribution in [0.2, 0.25) is 0 Å². The van der Waals surface area contributed by atoms with Crippen molar-refractivity contribution in [2.75, 3.05) is 37.7 Å². The van der Waals surface area contributed by atoms with Gasteiger partial charge < -0.3 is 10.2 Å². The van der Waals surface area contributed by atoms with Crippen LogP contribution < -0.4 is 5.32 Å². The van der Waals surface area contributed by atoms with Crippen LogP contribution in [0, 0.1) is 5.92 Å². The summed E-state index contributed by atoms with van der Waals surface area (Å²) in [6.07, 6.45) is 4.35. The Morgan fingerprint density at radius 3 is 2.56 bits per heavy atom. The molecule has 0 spiro atoms. The average Bonchev–Trinajstić information content (AvgIpc) is 2.36. The molecule has 2 rings (SSSR count). The van der Waals surface area contributed by atoms with Crippen molar-refractivity contribution in [3.05, 3.63) is 0 Å². The summed E-state index contributed by atoms with van der Waals surface area (Å²) in [5, 5.41) is 3.48. The third-order valence-electron chi connectivity index (χ3n) is 4.31. The molecule has 106 valence electrons. The Morgan fingerprint density at radius 2 is 1.94 bits per heavy atom. The maximum atomic E-state index is 11.5. The smallest absolute Gasteiger partial charge is 0.151 e. The van der Waals surface area contributed by atoms with Crippen molar-refractivity contribution in [3.63, 3.8) is 0 Å². The molecule has 0 bridgehead atoms. The highest BCUT2D eigenvalue weighted by atomic mass is 32.2. The highest BCUT2D eigenvalue weighted by Gasteiger charge is 2.25. The quantitative estimate of drug-likeness (QED) is 0.827. The minimum absolute atomic E-state index is 0.202. The van der Waals surface area contributed by atoms with Crippen LogP contribution in [0.4, 0.5) is 0 Å². The summed E-state index contributed by atoms with van der Waals surface area (Å²) in [7, 11) is -2.77. The summed E-state index contributed by atoms with van der Waals surface area (Å²) < 4.78 is 23.1. The van der Waals surface area contributed by atoms with Gasteiger partial charge in [0.05, 0.1) is 11.5 Å². The van der Waals surface area contributed by atoms with Gasteiger partial charge in [-0.3, -0.25) is 0 Å². The fourth-order valence-electron chi connectivity index (χ4n) is 3.02. The molecule has 0 radical (unpaired) electrons. The van der Waals surface area contributed by atoms with Gasteiger partial charge in [-0.1, -0.05) is 6.92 Å². The molecule has 2 fully saturated rings. The first kappa shape index (κ1) is 14.3. The van der Waals surface area contributed by atoms with Crippen molar-refractivity contribution >= 4 is 9.84 Å². The van der Waals surface area contributed by atoms with Crippen LogP contribution in [0.25, 0.3) is 0 Å². The Hall–Kier alpha value is -0.130. The maximum Gasteiger partial charge on any atom is 0.151 e. The van der Waals surface area contributed by atoms with Crippen molar-refractivity contribution in [1.82, 2.24) is 10.2 Å². The molecule has 0 amide bonds. The van der Waals surface area contributed by atoms with Crippen LogP contribution in [0.3, 0.4) is 0 Å². The number of hydrogen-bond donors (Lipinski definition) is 1. The van der Waals surface area contributed by atoms with Crippen LogP contribution in [-0.2, 0) is 9.84 Å². The van der Waals surface area contributed by atoms with E-state index in [1.54, 1.807) is 0 Å². The molecular formula is C13H26N2O2S. The number of rotatable bonds is 4. The standard InChI is InChI=1S/C13H26N2O2S/c1-2-15-7-5-12(6-8-15)10-14-13-4-3-9-18(16,17)11-13/h12-14H,2-11H2,1H3. The molecule has 2 saturated heterocycles. The van der Waals surface area contributed by atoms with Crippen LogP contribution in [0.5, 0.6) is 0 Å². The topological polar surface area (TPSA) is 49.4 Å². The number of hydrogen-bond acceptors (Lipinski definition) is 4. The number of piperidine rings is 1. The summed E-state index contributed by atoms with van der Waals surface area (Å²) in [5.74, 6) is 1.47. The first-order valence-electron chi connectivity index (χ1n) is 7.25. The zero-order valence-corrected chi connectivity index (χ0v) is 12.2. The third-order valence-corrected chi connectivity index (χ3v) is 6.13. The second kappa shape index (κ2) is 6.35. The van der Waals surface area contributed by atoms with E-state index >= 15 is 0 Å². The number of nitrogens with one attached hydrogen (secondary N) is 1. The van der Waals surface area contributed by atoms with Crippen molar-refractivity contribution < 1.29 is 8.42 Å². The van der Waals surface area contributed by atoms with Crippen molar-refractivity contribution in [2.24, 2.45) is 5.92 Å². The van der Waals surface area contributed by atoms with Gasteiger partial charge in [-0.15, -0.1) is 0 Å². The molecule has 0 aromatic rings. The van der Waals surface area contributed by atoms with Crippen molar-refractivity contribution in [3.8, 4) is 0 Å². The van der Waals surface area contributed by atoms with Crippen LogP contribution in [0.1, 0.15) is 32.6 Å². The van der Waals surface area contributed by atoms with Gasteiger partial charge in [-0.05, 0) is 57.8 Å². The fourth-order valence-corrected chi connectivity index (χ4v) is 4.69. The zero-order chi connectivity index (χ0) is 13.0. The van der Waals surface area contributed by atoms with Gasteiger partial charge in [0.2, 0.25) is 0 Å². The lowest BCUT2D eigenvalue weighted by molar-refractivity contribution is 0.187. The Balaban J connectivity index is 1.69. The fraction of sp³-hybridized carbons (Fsp3) is 1.00. The predicted octanol–water partition coefficient (Wildman–Crippen LogP) is 0.885. The Kier molecular flexibility index (Phi) is 5.04. The van der Waals surface area contributed by atoms with E-state index in [1.165, 1.54) is 25.9 Å². The normalized spacial score (nSPS) is 30.4. The van der Waals surface area contributed by atoms with Crippen LogP contribution >= 0.6 is 0 Å². The molecule has 2 heterocycles. The van der Waals surface area contributed by atoms with Gasteiger partial charge >= 0.3 is 0 Å². The van der Waals surface area contributed by atoms with Crippen LogP contribution in [0.15, 0.2) is 0 Å². The summed E-state index contributed by atoms with van der Waals surface area (Å²) in [6, 6.07) is 0.202. The van der Waals surface area contributed by atoms with E-state index < -0.39 is 9.84 Å². The van der Waals surface area contributed by atoms with E-state index in [0.717, 1.165) is 31.8 Å². The van der Waals surface area contributed by atoms with E-state index in [1.807, 2.05) is 0 Å². The largest absolute Gasteiger partial charge is 0.313 e. The maximum absolute atomic E-state index is 11.5. The van der Waals surface area contributed by atoms with Gasteiger partial charge in [-0.25, -0.2) is 8.42 Å². The highest BCUT2D eigenvalue weighted by molar-refractivity contribution is 7.91. The average molecular weight is 274 g/mol. The van der Waals surface area contributed by atoms with E-state index in [9.17, 15) is 8.42 Å². The molecule has 1 N–H and O–H groups in total. The summed E-state index contributed by atoms with van der Waals surface area (Å²) in [4.78, 5) is 2.49. The number of nitrogens with zero attached hydrogens (tertiary/aromatic N) is 1. The minimum Gasteiger partial charge on any atom is -0.313 e. The second-order valence-corrected chi connectivity index (χ2v) is 7.97. The van der Waals surface area contributed by atoms with E-state index in [2.05, 4.69) is 17.1 Å². The van der Waals surface area contributed by atoms with Crippen LogP contribution in [-0.4, -0.2) is 57.0 Å². The van der Waals surface area contributed by atoms with E-state index in [0.29, 0.717) is 11.5 Å². The highest BCUT2D eigenvalue weighted by Crippen LogP contribution is 2.17. The summed E-state index contributed by atoms with van der Waals surface area (Å²) in [5.41, 5.74) is 0. The van der Waals surface area contributed by atoms with Gasteiger partial charge in [0, 0.05) is 6.04 Å². The number of likely N-dealkylation sites (tertiary alicyclic amines) is 1. The molecule has 0 saturated carbocycles. The lowest BCUT2D eigenvalue weighted by Gasteiger charge is -2.32. The Bertz CT molecular complexity index is 348. The van der Waals surface area contributed by atoms with Gasteiger partial charge in [0.15, 0.2) is 9.84 Å². The molecule has 18 heavy (non-hydrogen) atoms. The molecule has 0 aromatic heterocycles. The molecular weight excluding hydrogens is 248 g/mol.